The van der Waals surface area contributed by atoms with Gasteiger partial charge in [0.1, 0.15) is 0 Å². The van der Waals surface area contributed by atoms with Crippen LogP contribution < -0.4 is 16.8 Å². The van der Waals surface area contributed by atoms with Gasteiger partial charge in [-0.15, -0.1) is 0 Å². The van der Waals surface area contributed by atoms with E-state index in [9.17, 15) is 4.79 Å². The fraction of sp³-hybridized carbons (Fsp3) is 0.429. The molecule has 0 radical (unpaired) electrons. The summed E-state index contributed by atoms with van der Waals surface area (Å²) in [5.41, 5.74) is 12.1. The summed E-state index contributed by atoms with van der Waals surface area (Å²) in [6.07, 6.45) is 3.35. The van der Waals surface area contributed by atoms with Crippen LogP contribution in [0.1, 0.15) is 25.7 Å². The predicted octanol–water partition coefficient (Wildman–Crippen LogP) is 1.46. The SMILES string of the molecule is NC(=O)C1CCC(N=C(N)Nc2ccccc2)CC1. The Morgan fingerprint density at radius 2 is 1.74 bits per heavy atom. The molecular weight excluding hydrogens is 240 g/mol. The van der Waals surface area contributed by atoms with Crippen LogP contribution in [0.4, 0.5) is 5.69 Å². The highest BCUT2D eigenvalue weighted by Gasteiger charge is 2.24. The third-order valence-corrected chi connectivity index (χ3v) is 3.47. The number of hydrogen-bond donors (Lipinski definition) is 3. The molecule has 19 heavy (non-hydrogen) atoms. The van der Waals surface area contributed by atoms with Gasteiger partial charge in [-0.2, -0.15) is 0 Å². The van der Waals surface area contributed by atoms with Crippen molar-refractivity contribution in [3.05, 3.63) is 30.3 Å². The van der Waals surface area contributed by atoms with Crippen molar-refractivity contribution in [1.29, 1.82) is 0 Å². The second-order valence-electron chi connectivity index (χ2n) is 4.91. The Hall–Kier alpha value is -2.04. The van der Waals surface area contributed by atoms with E-state index in [-0.39, 0.29) is 17.9 Å². The first-order valence-electron chi connectivity index (χ1n) is 6.60. The molecule has 0 bridgehead atoms. The van der Waals surface area contributed by atoms with Crippen molar-refractivity contribution in [2.75, 3.05) is 5.32 Å². The molecule has 1 aromatic rings. The Bertz CT molecular complexity index is 450. The van der Waals surface area contributed by atoms with Gasteiger partial charge >= 0.3 is 0 Å². The first-order valence-corrected chi connectivity index (χ1v) is 6.60. The number of guanidine groups is 1. The van der Waals surface area contributed by atoms with Gasteiger partial charge in [0.2, 0.25) is 5.91 Å². The van der Waals surface area contributed by atoms with Gasteiger partial charge in [-0.3, -0.25) is 4.79 Å². The van der Waals surface area contributed by atoms with E-state index >= 15 is 0 Å². The number of nitrogens with two attached hydrogens (primary N) is 2. The zero-order chi connectivity index (χ0) is 13.7. The summed E-state index contributed by atoms with van der Waals surface area (Å²) in [7, 11) is 0. The van der Waals surface area contributed by atoms with E-state index in [0.717, 1.165) is 31.4 Å². The monoisotopic (exact) mass is 260 g/mol. The number of carbonyl (C=O) groups excluding carboxylic acids is 1. The second kappa shape index (κ2) is 6.22. The highest BCUT2D eigenvalue weighted by atomic mass is 16.1. The lowest BCUT2D eigenvalue weighted by Gasteiger charge is -2.24. The van der Waals surface area contributed by atoms with E-state index in [0.29, 0.717) is 5.96 Å². The molecule has 5 heteroatoms. The molecule has 1 aromatic carbocycles. The fourth-order valence-electron chi connectivity index (χ4n) is 2.39. The Morgan fingerprint density at radius 3 is 2.32 bits per heavy atom. The summed E-state index contributed by atoms with van der Waals surface area (Å²) in [5, 5.41) is 3.06. The highest BCUT2D eigenvalue weighted by Crippen LogP contribution is 2.25. The molecule has 1 fully saturated rings. The fourth-order valence-corrected chi connectivity index (χ4v) is 2.39. The molecule has 0 unspecified atom stereocenters. The first-order chi connectivity index (χ1) is 9.15. The maximum Gasteiger partial charge on any atom is 0.220 e. The molecule has 0 atom stereocenters. The Labute approximate surface area is 113 Å². The summed E-state index contributed by atoms with van der Waals surface area (Å²) >= 11 is 0. The molecule has 0 heterocycles. The van der Waals surface area contributed by atoms with Crippen LogP contribution in [0.25, 0.3) is 0 Å². The van der Waals surface area contributed by atoms with Gasteiger partial charge < -0.3 is 16.8 Å². The smallest absolute Gasteiger partial charge is 0.220 e. The number of primary amides is 1. The van der Waals surface area contributed by atoms with E-state index < -0.39 is 0 Å². The molecule has 1 aliphatic carbocycles. The molecule has 0 aliphatic heterocycles. The minimum Gasteiger partial charge on any atom is -0.370 e. The van der Waals surface area contributed by atoms with Crippen LogP contribution in [0, 0.1) is 5.92 Å². The minimum absolute atomic E-state index is 0.00903. The maximum absolute atomic E-state index is 11.1. The number of hydrogen-bond acceptors (Lipinski definition) is 2. The summed E-state index contributed by atoms with van der Waals surface area (Å²) in [5.74, 6) is 0.237. The van der Waals surface area contributed by atoms with Crippen molar-refractivity contribution >= 4 is 17.6 Å². The summed E-state index contributed by atoms with van der Waals surface area (Å²) in [6.45, 7) is 0. The number of carbonyl (C=O) groups is 1. The van der Waals surface area contributed by atoms with Crippen LogP contribution in [-0.2, 0) is 4.79 Å². The number of benzene rings is 1. The summed E-state index contributed by atoms with van der Waals surface area (Å²) < 4.78 is 0. The standard InChI is InChI=1S/C14H20N4O/c15-13(19)10-6-8-12(9-7-10)18-14(16)17-11-4-2-1-3-5-11/h1-5,10,12H,6-9H2,(H2,15,19)(H3,16,17,18). The first kappa shape index (κ1) is 13.4. The molecule has 5 N–H and O–H groups in total. The predicted molar refractivity (Wildman–Crippen MR) is 76.6 cm³/mol. The Kier molecular flexibility index (Phi) is 4.39. The highest BCUT2D eigenvalue weighted by molar-refractivity contribution is 5.92. The minimum atomic E-state index is -0.196. The second-order valence-corrected chi connectivity index (χ2v) is 4.91. The molecular formula is C14H20N4O. The normalized spacial score (nSPS) is 23.9. The summed E-state index contributed by atoms with van der Waals surface area (Å²) in [6, 6.07) is 9.88. The molecule has 0 spiro atoms. The van der Waals surface area contributed by atoms with Crippen molar-refractivity contribution in [2.24, 2.45) is 22.4 Å². The molecule has 102 valence electrons. The molecule has 0 saturated heterocycles. The number of aliphatic imine (C=N–C) groups is 1. The average molecular weight is 260 g/mol. The third kappa shape index (κ3) is 3.98. The van der Waals surface area contributed by atoms with E-state index in [1.54, 1.807) is 0 Å². The zero-order valence-corrected chi connectivity index (χ0v) is 10.9. The van der Waals surface area contributed by atoms with Crippen LogP contribution in [0.2, 0.25) is 0 Å². The Balaban J connectivity index is 1.87. The van der Waals surface area contributed by atoms with Gasteiger partial charge in [0.25, 0.3) is 0 Å². The van der Waals surface area contributed by atoms with Gasteiger partial charge in [0.15, 0.2) is 5.96 Å². The molecule has 1 aliphatic rings. The van der Waals surface area contributed by atoms with Crippen molar-refractivity contribution in [2.45, 2.75) is 31.7 Å². The number of amides is 1. The van der Waals surface area contributed by atoms with Gasteiger partial charge in [-0.1, -0.05) is 18.2 Å². The molecule has 5 nitrogen and oxygen atoms in total. The van der Waals surface area contributed by atoms with Gasteiger partial charge in [0, 0.05) is 11.6 Å². The van der Waals surface area contributed by atoms with Crippen LogP contribution in [0.3, 0.4) is 0 Å². The number of anilines is 1. The zero-order valence-electron chi connectivity index (χ0n) is 10.9. The molecule has 1 saturated carbocycles. The summed E-state index contributed by atoms with van der Waals surface area (Å²) in [4.78, 5) is 15.5. The van der Waals surface area contributed by atoms with E-state index in [2.05, 4.69) is 10.3 Å². The van der Waals surface area contributed by atoms with Crippen molar-refractivity contribution in [3.8, 4) is 0 Å². The van der Waals surface area contributed by atoms with Crippen LogP contribution in [0.5, 0.6) is 0 Å². The average Bonchev–Trinajstić information content (AvgIpc) is 2.40. The number of nitrogens with zero attached hydrogens (tertiary/aromatic N) is 1. The quantitative estimate of drug-likeness (QED) is 0.567. The van der Waals surface area contributed by atoms with Crippen molar-refractivity contribution in [3.63, 3.8) is 0 Å². The molecule has 1 amide bonds. The lowest BCUT2D eigenvalue weighted by atomic mass is 9.86. The molecule has 0 aromatic heterocycles. The van der Waals surface area contributed by atoms with Gasteiger partial charge in [-0.05, 0) is 37.8 Å². The van der Waals surface area contributed by atoms with Crippen LogP contribution >= 0.6 is 0 Å². The largest absolute Gasteiger partial charge is 0.370 e. The number of rotatable bonds is 3. The number of nitrogens with one attached hydrogen (secondary N) is 1. The third-order valence-electron chi connectivity index (χ3n) is 3.47. The maximum atomic E-state index is 11.1. The van der Waals surface area contributed by atoms with Gasteiger partial charge in [-0.25, -0.2) is 4.99 Å². The van der Waals surface area contributed by atoms with Crippen molar-refractivity contribution in [1.82, 2.24) is 0 Å². The van der Waals surface area contributed by atoms with Crippen molar-refractivity contribution < 1.29 is 4.79 Å². The Morgan fingerprint density at radius 1 is 1.11 bits per heavy atom. The van der Waals surface area contributed by atoms with E-state index in [1.165, 1.54) is 0 Å². The lowest BCUT2D eigenvalue weighted by Crippen LogP contribution is -2.31. The van der Waals surface area contributed by atoms with Crippen LogP contribution in [-0.4, -0.2) is 17.9 Å². The lowest BCUT2D eigenvalue weighted by molar-refractivity contribution is -0.122. The number of para-hydroxylation sites is 1. The van der Waals surface area contributed by atoms with E-state index in [4.69, 9.17) is 11.5 Å². The van der Waals surface area contributed by atoms with Gasteiger partial charge in [0.05, 0.1) is 6.04 Å². The van der Waals surface area contributed by atoms with Crippen LogP contribution in [0.15, 0.2) is 35.3 Å². The molecule has 2 rings (SSSR count). The topological polar surface area (TPSA) is 93.5 Å². The van der Waals surface area contributed by atoms with E-state index in [1.807, 2.05) is 30.3 Å².